The molecule has 3 amide bonds. The van der Waals surface area contributed by atoms with Gasteiger partial charge in [-0.1, -0.05) is 19.3 Å². The molecule has 2 aliphatic heterocycles. The molecule has 1 saturated heterocycles. The Morgan fingerprint density at radius 3 is 2.32 bits per heavy atom. The number of carbonyl (C=O) groups excluding carboxylic acids is 3. The van der Waals surface area contributed by atoms with Gasteiger partial charge in [0.2, 0.25) is 0 Å². The first-order valence-corrected chi connectivity index (χ1v) is 9.44. The fraction of sp³-hybridized carbons (Fsp3) is 0.550. The van der Waals surface area contributed by atoms with Gasteiger partial charge in [0.25, 0.3) is 17.7 Å². The zero-order valence-electron chi connectivity index (χ0n) is 14.2. The third-order valence-electron chi connectivity index (χ3n) is 6.37. The van der Waals surface area contributed by atoms with E-state index >= 15 is 0 Å². The average molecular weight is 338 g/mol. The highest BCUT2D eigenvalue weighted by Gasteiger charge is 2.47. The molecule has 2 unspecified atom stereocenters. The molecule has 2 aliphatic carbocycles. The molecule has 2 atom stereocenters. The van der Waals surface area contributed by atoms with Crippen LogP contribution < -0.4 is 0 Å². The second kappa shape index (κ2) is 5.41. The van der Waals surface area contributed by atoms with E-state index in [1.54, 1.807) is 18.2 Å². The second-order valence-electron chi connectivity index (χ2n) is 8.00. The minimum atomic E-state index is -0.217. The van der Waals surface area contributed by atoms with E-state index in [1.807, 2.05) is 4.90 Å². The van der Waals surface area contributed by atoms with Gasteiger partial charge < -0.3 is 4.90 Å². The Morgan fingerprint density at radius 1 is 0.920 bits per heavy atom. The van der Waals surface area contributed by atoms with Crippen molar-refractivity contribution >= 4 is 17.7 Å². The first-order chi connectivity index (χ1) is 12.1. The monoisotopic (exact) mass is 338 g/mol. The number of hydrogen-bond donors (Lipinski definition) is 0. The van der Waals surface area contributed by atoms with Crippen LogP contribution in [-0.4, -0.2) is 46.7 Å². The van der Waals surface area contributed by atoms with Crippen LogP contribution in [0.2, 0.25) is 0 Å². The summed E-state index contributed by atoms with van der Waals surface area (Å²) in [5.74, 6) is 0.956. The lowest BCUT2D eigenvalue weighted by atomic mass is 9.94. The van der Waals surface area contributed by atoms with Crippen LogP contribution in [0.5, 0.6) is 0 Å². The molecule has 4 aliphatic rings. The van der Waals surface area contributed by atoms with Gasteiger partial charge in [-0.25, -0.2) is 0 Å². The molecule has 2 saturated carbocycles. The maximum Gasteiger partial charge on any atom is 0.261 e. The third-order valence-corrected chi connectivity index (χ3v) is 6.37. The molecule has 2 heterocycles. The largest absolute Gasteiger partial charge is 0.338 e. The molecule has 3 fully saturated rings. The van der Waals surface area contributed by atoms with Crippen LogP contribution in [0.15, 0.2) is 18.2 Å². The zero-order chi connectivity index (χ0) is 17.1. The van der Waals surface area contributed by atoms with E-state index < -0.39 is 0 Å². The molecule has 0 N–H and O–H groups in total. The summed E-state index contributed by atoms with van der Waals surface area (Å²) in [6.07, 6.45) is 6.35. The van der Waals surface area contributed by atoms with Crippen LogP contribution >= 0.6 is 0 Å². The minimum absolute atomic E-state index is 0.00800. The molecule has 5 rings (SSSR count). The van der Waals surface area contributed by atoms with Gasteiger partial charge in [0, 0.05) is 24.7 Å². The molecule has 5 nitrogen and oxygen atoms in total. The van der Waals surface area contributed by atoms with Crippen molar-refractivity contribution in [3.8, 4) is 0 Å². The van der Waals surface area contributed by atoms with Crippen LogP contribution in [-0.2, 0) is 0 Å². The highest BCUT2D eigenvalue weighted by Crippen LogP contribution is 2.45. The zero-order valence-corrected chi connectivity index (χ0v) is 14.2. The maximum atomic E-state index is 12.8. The molecule has 0 spiro atoms. The Balaban J connectivity index is 1.41. The molecular formula is C20H22N2O3. The molecule has 0 bridgehead atoms. The fourth-order valence-electron chi connectivity index (χ4n) is 4.81. The smallest absolute Gasteiger partial charge is 0.261 e. The number of fused-ring (bicyclic) bond motifs is 2. The lowest BCUT2D eigenvalue weighted by Gasteiger charge is -2.29. The quantitative estimate of drug-likeness (QED) is 0.779. The van der Waals surface area contributed by atoms with E-state index in [1.165, 1.54) is 17.7 Å². The van der Waals surface area contributed by atoms with E-state index in [0.29, 0.717) is 28.5 Å². The van der Waals surface area contributed by atoms with E-state index in [4.69, 9.17) is 0 Å². The van der Waals surface area contributed by atoms with Crippen molar-refractivity contribution in [2.75, 3.05) is 13.1 Å². The normalized spacial score (nSPS) is 28.3. The Morgan fingerprint density at radius 2 is 1.60 bits per heavy atom. The van der Waals surface area contributed by atoms with Crippen LogP contribution in [0.1, 0.15) is 69.6 Å². The molecular weight excluding hydrogens is 316 g/mol. The molecule has 0 radical (unpaired) electrons. The van der Waals surface area contributed by atoms with Crippen molar-refractivity contribution < 1.29 is 14.4 Å². The van der Waals surface area contributed by atoms with Crippen molar-refractivity contribution in [1.82, 2.24) is 9.80 Å². The standard InChI is InChI=1S/C20H22N2O3/c23-18(21-10-13-8-14(13)11-21)12-6-7-16-17(9-12)20(25)22(19(16)24)15-4-2-1-3-5-15/h6-7,9,13-15H,1-5,8,10-11H2. The van der Waals surface area contributed by atoms with Crippen LogP contribution in [0, 0.1) is 11.8 Å². The Labute approximate surface area is 147 Å². The topological polar surface area (TPSA) is 57.7 Å². The number of rotatable bonds is 2. The number of carbonyl (C=O) groups is 3. The maximum absolute atomic E-state index is 12.8. The fourth-order valence-corrected chi connectivity index (χ4v) is 4.81. The van der Waals surface area contributed by atoms with E-state index in [0.717, 1.165) is 38.8 Å². The minimum Gasteiger partial charge on any atom is -0.338 e. The van der Waals surface area contributed by atoms with Gasteiger partial charge >= 0.3 is 0 Å². The molecule has 1 aromatic rings. The highest BCUT2D eigenvalue weighted by molar-refractivity contribution is 6.22. The van der Waals surface area contributed by atoms with Crippen molar-refractivity contribution in [1.29, 1.82) is 0 Å². The summed E-state index contributed by atoms with van der Waals surface area (Å²) < 4.78 is 0. The van der Waals surface area contributed by atoms with Crippen LogP contribution in [0.4, 0.5) is 0 Å². The molecule has 1 aromatic carbocycles. The first kappa shape index (κ1) is 15.1. The predicted octanol–water partition coefficient (Wildman–Crippen LogP) is 2.71. The lowest BCUT2D eigenvalue weighted by Crippen LogP contribution is -2.40. The van der Waals surface area contributed by atoms with Gasteiger partial charge in [0.05, 0.1) is 11.1 Å². The van der Waals surface area contributed by atoms with Gasteiger partial charge in [0.1, 0.15) is 0 Å². The summed E-state index contributed by atoms with van der Waals surface area (Å²) in [6.45, 7) is 1.67. The van der Waals surface area contributed by atoms with Gasteiger partial charge in [0.15, 0.2) is 0 Å². The average Bonchev–Trinajstić information content (AvgIpc) is 3.17. The molecule has 25 heavy (non-hydrogen) atoms. The van der Waals surface area contributed by atoms with Gasteiger partial charge in [-0.2, -0.15) is 0 Å². The Hall–Kier alpha value is -2.17. The molecule has 130 valence electrons. The lowest BCUT2D eigenvalue weighted by molar-refractivity contribution is 0.0548. The number of nitrogens with zero attached hydrogens (tertiary/aromatic N) is 2. The molecule has 5 heteroatoms. The SMILES string of the molecule is O=C(c1ccc2c(c1)C(=O)N(C1CCCCC1)C2=O)N1CC2CC2C1. The Kier molecular flexibility index (Phi) is 3.27. The summed E-state index contributed by atoms with van der Waals surface area (Å²) in [6, 6.07) is 5.04. The number of likely N-dealkylation sites (tertiary alicyclic amines) is 1. The van der Waals surface area contributed by atoms with E-state index in [-0.39, 0.29) is 23.8 Å². The molecule has 0 aromatic heterocycles. The number of benzene rings is 1. The third kappa shape index (κ3) is 2.32. The highest BCUT2D eigenvalue weighted by atomic mass is 16.2. The number of piperidine rings is 1. The first-order valence-electron chi connectivity index (χ1n) is 9.44. The number of hydrogen-bond acceptors (Lipinski definition) is 3. The van der Waals surface area contributed by atoms with E-state index in [9.17, 15) is 14.4 Å². The summed E-state index contributed by atoms with van der Waals surface area (Å²) in [7, 11) is 0. The van der Waals surface area contributed by atoms with Crippen LogP contribution in [0.25, 0.3) is 0 Å². The summed E-state index contributed by atoms with van der Waals surface area (Å²) >= 11 is 0. The summed E-state index contributed by atoms with van der Waals surface area (Å²) in [5.41, 5.74) is 1.40. The summed E-state index contributed by atoms with van der Waals surface area (Å²) in [4.78, 5) is 41.6. The Bertz CT molecular complexity index is 771. The van der Waals surface area contributed by atoms with Gasteiger partial charge in [-0.15, -0.1) is 0 Å². The van der Waals surface area contributed by atoms with Crippen LogP contribution in [0.3, 0.4) is 0 Å². The summed E-state index contributed by atoms with van der Waals surface area (Å²) in [5, 5.41) is 0. The van der Waals surface area contributed by atoms with Gasteiger partial charge in [-0.3, -0.25) is 19.3 Å². The van der Waals surface area contributed by atoms with Crippen molar-refractivity contribution in [2.45, 2.75) is 44.6 Å². The van der Waals surface area contributed by atoms with Crippen molar-refractivity contribution in [3.63, 3.8) is 0 Å². The van der Waals surface area contributed by atoms with E-state index in [2.05, 4.69) is 0 Å². The van der Waals surface area contributed by atoms with Crippen molar-refractivity contribution in [2.24, 2.45) is 11.8 Å². The second-order valence-corrected chi connectivity index (χ2v) is 8.00. The van der Waals surface area contributed by atoms with Crippen molar-refractivity contribution in [3.05, 3.63) is 34.9 Å². The van der Waals surface area contributed by atoms with Gasteiger partial charge in [-0.05, 0) is 49.3 Å². The predicted molar refractivity (Wildman–Crippen MR) is 91.3 cm³/mol. The number of amides is 3. The number of imide groups is 1.